The molecule has 1 N–H and O–H groups in total. The molecule has 4 aliphatic rings. The fourth-order valence-corrected chi connectivity index (χ4v) is 4.69. The van der Waals surface area contributed by atoms with Gasteiger partial charge in [-0.05, 0) is 25.7 Å². The highest BCUT2D eigenvalue weighted by Crippen LogP contribution is 2.62. The first-order valence-corrected chi connectivity index (χ1v) is 6.72. The first kappa shape index (κ1) is 10.5. The summed E-state index contributed by atoms with van der Waals surface area (Å²) in [5.41, 5.74) is -0.557. The fraction of sp³-hybridized carbons (Fsp3) is 0.923. The molecule has 1 saturated carbocycles. The second kappa shape index (κ2) is 2.92. The van der Waals surface area contributed by atoms with Gasteiger partial charge in [-0.2, -0.15) is 0 Å². The van der Waals surface area contributed by atoms with Crippen LogP contribution in [-0.2, 0) is 14.3 Å². The number of hydrogen-bond acceptors (Lipinski definition) is 4. The lowest BCUT2D eigenvalue weighted by Gasteiger charge is -2.38. The Morgan fingerprint density at radius 1 is 1.47 bits per heavy atom. The number of carbonyl (C=O) groups is 1. The summed E-state index contributed by atoms with van der Waals surface area (Å²) in [7, 11) is 0. The summed E-state index contributed by atoms with van der Waals surface area (Å²) in [5.74, 6) is -0.668. The second-order valence-electron chi connectivity index (χ2n) is 5.98. The van der Waals surface area contributed by atoms with Crippen molar-refractivity contribution < 1.29 is 19.4 Å². The van der Waals surface area contributed by atoms with E-state index in [1.807, 2.05) is 6.92 Å². The van der Waals surface area contributed by atoms with Crippen molar-refractivity contribution >= 4 is 5.78 Å². The number of Topliss-reactive ketones (excluding diaryl/α,β-unsaturated/α-hetero) is 1. The van der Waals surface area contributed by atoms with Crippen molar-refractivity contribution in [3.05, 3.63) is 0 Å². The van der Waals surface area contributed by atoms with Crippen LogP contribution in [0.3, 0.4) is 0 Å². The van der Waals surface area contributed by atoms with Gasteiger partial charge in [0.1, 0.15) is 5.60 Å². The average molecular weight is 238 g/mol. The van der Waals surface area contributed by atoms with E-state index >= 15 is 0 Å². The molecule has 3 aliphatic heterocycles. The zero-order valence-electron chi connectivity index (χ0n) is 10.0. The lowest BCUT2D eigenvalue weighted by molar-refractivity contribution is -0.237. The van der Waals surface area contributed by atoms with Gasteiger partial charge < -0.3 is 14.6 Å². The van der Waals surface area contributed by atoms with Gasteiger partial charge in [-0.1, -0.05) is 6.92 Å². The highest BCUT2D eigenvalue weighted by molar-refractivity contribution is 5.90. The molecule has 0 aromatic carbocycles. The van der Waals surface area contributed by atoms with E-state index in [9.17, 15) is 9.90 Å². The first-order chi connectivity index (χ1) is 8.11. The Bertz CT molecular complexity index is 395. The minimum absolute atomic E-state index is 0.00597. The minimum Gasteiger partial charge on any atom is -0.365 e. The van der Waals surface area contributed by atoms with Crippen molar-refractivity contribution in [2.45, 2.75) is 62.6 Å². The van der Waals surface area contributed by atoms with Gasteiger partial charge in [-0.15, -0.1) is 0 Å². The van der Waals surface area contributed by atoms with E-state index in [0.717, 1.165) is 19.3 Å². The number of rotatable bonds is 1. The summed E-state index contributed by atoms with van der Waals surface area (Å²) in [5, 5.41) is 10.6. The SMILES string of the molecule is CC[C@@]1(O)O[C@H]2CC(=O)[C@@]34CCC[C@@H]3[C@@H]1[C@@H]2O4. The molecular formula is C13H18O4. The number of ketones is 1. The third kappa shape index (κ3) is 0.996. The van der Waals surface area contributed by atoms with Crippen molar-refractivity contribution in [1.82, 2.24) is 0 Å². The molecule has 4 heteroatoms. The smallest absolute Gasteiger partial charge is 0.171 e. The van der Waals surface area contributed by atoms with Gasteiger partial charge in [0.15, 0.2) is 11.6 Å². The maximum Gasteiger partial charge on any atom is 0.171 e. The number of carbonyl (C=O) groups excluding carboxylic acids is 1. The Morgan fingerprint density at radius 3 is 3.06 bits per heavy atom. The number of ether oxygens (including phenoxy) is 2. The van der Waals surface area contributed by atoms with E-state index in [0.29, 0.717) is 12.8 Å². The van der Waals surface area contributed by atoms with Crippen molar-refractivity contribution in [3.8, 4) is 0 Å². The molecule has 2 bridgehead atoms. The van der Waals surface area contributed by atoms with Gasteiger partial charge in [-0.3, -0.25) is 4.79 Å². The fourth-order valence-electron chi connectivity index (χ4n) is 4.69. The molecule has 1 spiro atoms. The predicted octanol–water partition coefficient (Wildman–Crippen LogP) is 1.01. The summed E-state index contributed by atoms with van der Waals surface area (Å²) >= 11 is 0. The maximum absolute atomic E-state index is 12.3. The molecule has 3 heterocycles. The first-order valence-electron chi connectivity index (χ1n) is 6.72. The van der Waals surface area contributed by atoms with Crippen LogP contribution in [0.25, 0.3) is 0 Å². The topological polar surface area (TPSA) is 55.8 Å². The van der Waals surface area contributed by atoms with Gasteiger partial charge in [0.25, 0.3) is 0 Å². The molecule has 4 nitrogen and oxygen atoms in total. The van der Waals surface area contributed by atoms with Crippen molar-refractivity contribution in [2.24, 2.45) is 11.8 Å². The van der Waals surface area contributed by atoms with Crippen LogP contribution >= 0.6 is 0 Å². The monoisotopic (exact) mass is 238 g/mol. The Labute approximate surface area is 100 Å². The zero-order valence-corrected chi connectivity index (χ0v) is 10.0. The summed E-state index contributed by atoms with van der Waals surface area (Å²) in [6.07, 6.45) is 3.61. The zero-order chi connectivity index (χ0) is 11.8. The third-order valence-electron chi connectivity index (χ3n) is 5.40. The molecule has 4 rings (SSSR count). The quantitative estimate of drug-likeness (QED) is 0.740. The van der Waals surface area contributed by atoms with Gasteiger partial charge in [0.05, 0.1) is 12.2 Å². The molecule has 1 aliphatic carbocycles. The summed E-state index contributed by atoms with van der Waals surface area (Å²) in [6, 6.07) is 0. The maximum atomic E-state index is 12.3. The molecule has 0 aromatic heterocycles. The third-order valence-corrected chi connectivity index (χ3v) is 5.40. The molecule has 17 heavy (non-hydrogen) atoms. The van der Waals surface area contributed by atoms with E-state index in [4.69, 9.17) is 9.47 Å². The van der Waals surface area contributed by atoms with Crippen molar-refractivity contribution in [2.75, 3.05) is 0 Å². The summed E-state index contributed by atoms with van der Waals surface area (Å²) in [4.78, 5) is 12.3. The second-order valence-corrected chi connectivity index (χ2v) is 5.98. The van der Waals surface area contributed by atoms with Crippen molar-refractivity contribution in [3.63, 3.8) is 0 Å². The summed E-state index contributed by atoms with van der Waals surface area (Å²) in [6.45, 7) is 1.94. The molecule has 94 valence electrons. The molecule has 0 radical (unpaired) electrons. The molecular weight excluding hydrogens is 220 g/mol. The van der Waals surface area contributed by atoms with E-state index in [1.54, 1.807) is 0 Å². The molecule has 0 unspecified atom stereocenters. The standard InChI is InChI=1S/C13H18O4/c1-2-13(15)10-7-4-3-5-12(7)9(14)6-8(16-13)11(10)17-12/h7-8,10-11,15H,2-6H2,1H3/t7-,8+,10-,11-,12-,13-/m1/s1. The highest BCUT2D eigenvalue weighted by Gasteiger charge is 2.73. The van der Waals surface area contributed by atoms with E-state index in [1.165, 1.54) is 0 Å². The van der Waals surface area contributed by atoms with E-state index in [-0.39, 0.29) is 29.8 Å². The van der Waals surface area contributed by atoms with Gasteiger partial charge >= 0.3 is 0 Å². The van der Waals surface area contributed by atoms with Crippen LogP contribution < -0.4 is 0 Å². The molecule has 0 amide bonds. The Morgan fingerprint density at radius 2 is 2.29 bits per heavy atom. The van der Waals surface area contributed by atoms with Crippen LogP contribution in [0.1, 0.15) is 39.0 Å². The average Bonchev–Trinajstić information content (AvgIpc) is 2.86. The van der Waals surface area contributed by atoms with Gasteiger partial charge in [0.2, 0.25) is 0 Å². The molecule has 3 saturated heterocycles. The largest absolute Gasteiger partial charge is 0.365 e. The summed E-state index contributed by atoms with van der Waals surface area (Å²) < 4.78 is 11.8. The Kier molecular flexibility index (Phi) is 1.80. The van der Waals surface area contributed by atoms with E-state index in [2.05, 4.69) is 0 Å². The number of hydrogen-bond donors (Lipinski definition) is 1. The predicted molar refractivity (Wildman–Crippen MR) is 58.2 cm³/mol. The van der Waals surface area contributed by atoms with Gasteiger partial charge in [-0.25, -0.2) is 0 Å². The minimum atomic E-state index is -1.06. The van der Waals surface area contributed by atoms with E-state index < -0.39 is 11.4 Å². The van der Waals surface area contributed by atoms with Crippen LogP contribution in [0.15, 0.2) is 0 Å². The van der Waals surface area contributed by atoms with Crippen LogP contribution in [0.5, 0.6) is 0 Å². The molecule has 0 aromatic rings. The highest BCUT2D eigenvalue weighted by atomic mass is 16.7. The normalized spacial score (nSPS) is 59.8. The Hall–Kier alpha value is -0.450. The Balaban J connectivity index is 1.84. The van der Waals surface area contributed by atoms with Crippen LogP contribution in [-0.4, -0.2) is 34.5 Å². The molecule has 6 atom stereocenters. The molecule has 4 fully saturated rings. The van der Waals surface area contributed by atoms with Crippen LogP contribution in [0, 0.1) is 11.8 Å². The van der Waals surface area contributed by atoms with Crippen LogP contribution in [0.2, 0.25) is 0 Å². The van der Waals surface area contributed by atoms with Crippen LogP contribution in [0.4, 0.5) is 0 Å². The van der Waals surface area contributed by atoms with Crippen molar-refractivity contribution in [1.29, 1.82) is 0 Å². The lowest BCUT2D eigenvalue weighted by atomic mass is 9.77. The lowest BCUT2D eigenvalue weighted by Crippen LogP contribution is -2.51. The number of aliphatic hydroxyl groups is 1. The number of fused-ring (bicyclic) bond motifs is 1. The van der Waals surface area contributed by atoms with Gasteiger partial charge in [0, 0.05) is 18.3 Å².